The van der Waals surface area contributed by atoms with Crippen LogP contribution < -0.4 is 5.43 Å². The van der Waals surface area contributed by atoms with Crippen molar-refractivity contribution in [1.82, 2.24) is 15.0 Å². The number of para-hydroxylation sites is 2. The van der Waals surface area contributed by atoms with E-state index < -0.39 is 0 Å². The molecule has 0 radical (unpaired) electrons. The summed E-state index contributed by atoms with van der Waals surface area (Å²) in [5.74, 6) is 0.100. The summed E-state index contributed by atoms with van der Waals surface area (Å²) in [6.45, 7) is 1.89. The second kappa shape index (κ2) is 7.86. The van der Waals surface area contributed by atoms with Crippen LogP contribution in [0.25, 0.3) is 21.8 Å². The first-order chi connectivity index (χ1) is 13.6. The average Bonchev–Trinajstić information content (AvgIpc) is 3.06. The van der Waals surface area contributed by atoms with Crippen molar-refractivity contribution >= 4 is 45.2 Å². The van der Waals surface area contributed by atoms with E-state index in [-0.39, 0.29) is 11.7 Å². The fourth-order valence-corrected chi connectivity index (χ4v) is 3.82. The molecular formula is C22H20N4OS. The molecule has 1 aromatic heterocycles. The second-order valence-corrected chi connectivity index (χ2v) is 7.47. The van der Waals surface area contributed by atoms with Crippen molar-refractivity contribution in [3.05, 3.63) is 72.3 Å². The molecule has 0 fully saturated rings. The van der Waals surface area contributed by atoms with E-state index in [0.717, 1.165) is 32.9 Å². The number of imidazole rings is 1. The van der Waals surface area contributed by atoms with Gasteiger partial charge >= 0.3 is 0 Å². The summed E-state index contributed by atoms with van der Waals surface area (Å²) < 4.78 is 2.00. The number of benzene rings is 3. The number of carbonyl (C=O) groups excluding carboxylic acids is 1. The maximum Gasteiger partial charge on any atom is 0.250 e. The summed E-state index contributed by atoms with van der Waals surface area (Å²) in [5, 5.41) is 7.40. The molecule has 1 heterocycles. The van der Waals surface area contributed by atoms with E-state index in [0.29, 0.717) is 0 Å². The van der Waals surface area contributed by atoms with E-state index in [9.17, 15) is 4.79 Å². The molecule has 140 valence electrons. The van der Waals surface area contributed by atoms with Gasteiger partial charge in [0.25, 0.3) is 5.91 Å². The van der Waals surface area contributed by atoms with Gasteiger partial charge in [-0.2, -0.15) is 5.10 Å². The lowest BCUT2D eigenvalue weighted by Crippen LogP contribution is -2.21. The summed E-state index contributed by atoms with van der Waals surface area (Å²) in [4.78, 5) is 16.8. The van der Waals surface area contributed by atoms with Gasteiger partial charge in [0, 0.05) is 7.05 Å². The number of thioether (sulfide) groups is 1. The first kappa shape index (κ1) is 18.3. The summed E-state index contributed by atoms with van der Waals surface area (Å²) in [6.07, 6.45) is 0. The molecule has 0 aliphatic rings. The number of rotatable bonds is 5. The third-order valence-electron chi connectivity index (χ3n) is 4.59. The molecule has 0 bridgehead atoms. The van der Waals surface area contributed by atoms with Crippen molar-refractivity contribution in [2.24, 2.45) is 12.1 Å². The van der Waals surface area contributed by atoms with Gasteiger partial charge in [-0.1, -0.05) is 60.3 Å². The summed E-state index contributed by atoms with van der Waals surface area (Å²) in [5.41, 5.74) is 6.38. The van der Waals surface area contributed by atoms with Crippen LogP contribution >= 0.6 is 11.8 Å². The van der Waals surface area contributed by atoms with Crippen molar-refractivity contribution in [2.75, 3.05) is 5.75 Å². The molecule has 1 amide bonds. The Morgan fingerprint density at radius 2 is 1.82 bits per heavy atom. The maximum atomic E-state index is 12.2. The van der Waals surface area contributed by atoms with Crippen molar-refractivity contribution in [3.8, 4) is 0 Å². The fraction of sp³-hybridized carbons (Fsp3) is 0.136. The maximum absolute atomic E-state index is 12.2. The number of aryl methyl sites for hydroxylation is 1. The Kier molecular flexibility index (Phi) is 5.12. The Labute approximate surface area is 167 Å². The average molecular weight is 388 g/mol. The minimum absolute atomic E-state index is 0.155. The Morgan fingerprint density at radius 3 is 2.64 bits per heavy atom. The van der Waals surface area contributed by atoms with Gasteiger partial charge in [-0.25, -0.2) is 10.4 Å². The Hall–Kier alpha value is -3.12. The Bertz CT molecular complexity index is 1200. The van der Waals surface area contributed by atoms with E-state index in [1.165, 1.54) is 17.1 Å². The van der Waals surface area contributed by atoms with E-state index >= 15 is 0 Å². The van der Waals surface area contributed by atoms with E-state index in [4.69, 9.17) is 0 Å². The van der Waals surface area contributed by atoms with Crippen molar-refractivity contribution in [1.29, 1.82) is 0 Å². The van der Waals surface area contributed by atoms with Gasteiger partial charge in [0.05, 0.1) is 22.5 Å². The Balaban J connectivity index is 1.40. The highest BCUT2D eigenvalue weighted by molar-refractivity contribution is 7.99. The van der Waals surface area contributed by atoms with Crippen LogP contribution in [0, 0.1) is 0 Å². The molecule has 0 aliphatic heterocycles. The number of hydrogen-bond donors (Lipinski definition) is 1. The van der Waals surface area contributed by atoms with E-state index in [1.54, 1.807) is 0 Å². The van der Waals surface area contributed by atoms with Crippen LogP contribution in [0.3, 0.4) is 0 Å². The smallest absolute Gasteiger partial charge is 0.250 e. The van der Waals surface area contributed by atoms with Gasteiger partial charge in [-0.15, -0.1) is 0 Å². The number of nitrogens with zero attached hydrogens (tertiary/aromatic N) is 3. The lowest BCUT2D eigenvalue weighted by atomic mass is 10.0. The van der Waals surface area contributed by atoms with Gasteiger partial charge < -0.3 is 4.57 Å². The SMILES string of the molecule is C/C(=N/NC(=O)CSc1nc2ccccc2n1C)c1ccc2ccccc2c1. The number of carbonyl (C=O) groups is 1. The first-order valence-electron chi connectivity index (χ1n) is 8.98. The molecule has 0 saturated carbocycles. The number of fused-ring (bicyclic) bond motifs is 2. The van der Waals surface area contributed by atoms with E-state index in [2.05, 4.69) is 39.8 Å². The normalized spacial score (nSPS) is 11.9. The van der Waals surface area contributed by atoms with Crippen LogP contribution in [-0.4, -0.2) is 26.9 Å². The van der Waals surface area contributed by atoms with Crippen molar-refractivity contribution in [3.63, 3.8) is 0 Å². The standard InChI is InChI=1S/C22H20N4OS/c1-15(17-12-11-16-7-3-4-8-18(16)13-17)24-25-21(27)14-28-22-23-19-9-5-6-10-20(19)26(22)2/h3-13H,14H2,1-2H3,(H,25,27)/b24-15-. The highest BCUT2D eigenvalue weighted by Crippen LogP contribution is 2.22. The first-order valence-corrected chi connectivity index (χ1v) is 9.97. The summed E-state index contributed by atoms with van der Waals surface area (Å²) >= 11 is 1.40. The van der Waals surface area contributed by atoms with Crippen molar-refractivity contribution in [2.45, 2.75) is 12.1 Å². The zero-order valence-corrected chi connectivity index (χ0v) is 16.5. The molecule has 3 aromatic carbocycles. The highest BCUT2D eigenvalue weighted by Gasteiger charge is 2.10. The van der Waals surface area contributed by atoms with Crippen LogP contribution in [0.15, 0.2) is 77.0 Å². The lowest BCUT2D eigenvalue weighted by Gasteiger charge is -2.05. The molecule has 0 unspecified atom stereocenters. The number of aromatic nitrogens is 2. The number of hydrazone groups is 1. The quantitative estimate of drug-likeness (QED) is 0.314. The largest absolute Gasteiger partial charge is 0.322 e. The zero-order valence-electron chi connectivity index (χ0n) is 15.7. The molecule has 28 heavy (non-hydrogen) atoms. The molecule has 0 spiro atoms. The van der Waals surface area contributed by atoms with Gasteiger partial charge in [0.1, 0.15) is 0 Å². The fourth-order valence-electron chi connectivity index (χ4n) is 3.04. The number of hydrogen-bond acceptors (Lipinski definition) is 4. The number of amides is 1. The monoisotopic (exact) mass is 388 g/mol. The minimum Gasteiger partial charge on any atom is -0.322 e. The van der Waals surface area contributed by atoms with Gasteiger partial charge in [0.2, 0.25) is 0 Å². The summed E-state index contributed by atoms with van der Waals surface area (Å²) in [6, 6.07) is 22.3. The zero-order chi connectivity index (χ0) is 19.5. The highest BCUT2D eigenvalue weighted by atomic mass is 32.2. The lowest BCUT2D eigenvalue weighted by molar-refractivity contribution is -0.118. The predicted octanol–water partition coefficient (Wildman–Crippen LogP) is 4.36. The molecule has 0 saturated heterocycles. The van der Waals surface area contributed by atoms with Crippen LogP contribution in [0.1, 0.15) is 12.5 Å². The Morgan fingerprint density at radius 1 is 1.07 bits per heavy atom. The second-order valence-electron chi connectivity index (χ2n) is 6.52. The minimum atomic E-state index is -0.155. The summed E-state index contributed by atoms with van der Waals surface area (Å²) in [7, 11) is 1.96. The third-order valence-corrected chi connectivity index (χ3v) is 5.62. The van der Waals surface area contributed by atoms with Crippen LogP contribution in [0.2, 0.25) is 0 Å². The molecule has 1 N–H and O–H groups in total. The number of nitrogens with one attached hydrogen (secondary N) is 1. The predicted molar refractivity (Wildman–Crippen MR) is 116 cm³/mol. The molecule has 5 nitrogen and oxygen atoms in total. The van der Waals surface area contributed by atoms with E-state index in [1.807, 2.05) is 61.0 Å². The molecule has 0 aliphatic carbocycles. The van der Waals surface area contributed by atoms with Crippen molar-refractivity contribution < 1.29 is 4.79 Å². The topological polar surface area (TPSA) is 59.3 Å². The molecule has 4 aromatic rings. The molecule has 6 heteroatoms. The van der Waals surface area contributed by atoms with Gasteiger partial charge in [-0.05, 0) is 41.5 Å². The van der Waals surface area contributed by atoms with Gasteiger partial charge in [-0.3, -0.25) is 4.79 Å². The van der Waals surface area contributed by atoms with Gasteiger partial charge in [0.15, 0.2) is 5.16 Å². The van der Waals surface area contributed by atoms with Crippen LogP contribution in [0.4, 0.5) is 0 Å². The molecular weight excluding hydrogens is 368 g/mol. The molecule has 4 rings (SSSR count). The third kappa shape index (κ3) is 3.77. The van der Waals surface area contributed by atoms with Crippen LogP contribution in [-0.2, 0) is 11.8 Å². The van der Waals surface area contributed by atoms with Crippen LogP contribution in [0.5, 0.6) is 0 Å². The molecule has 0 atom stereocenters.